The molecule has 0 spiro atoms. The first kappa shape index (κ1) is 12.5. The van der Waals surface area contributed by atoms with Crippen molar-refractivity contribution in [3.8, 4) is 6.07 Å². The maximum Gasteiger partial charge on any atom is 0.146 e. The molecule has 1 atom stereocenters. The lowest BCUT2D eigenvalue weighted by Crippen LogP contribution is -2.23. The second-order valence-electron chi connectivity index (χ2n) is 6.17. The topological polar surface area (TPSA) is 39.9 Å². The fourth-order valence-corrected chi connectivity index (χ4v) is 3.31. The van der Waals surface area contributed by atoms with E-state index in [-0.39, 0.29) is 0 Å². The molecule has 1 fully saturated rings. The first-order valence-electron chi connectivity index (χ1n) is 7.37. The van der Waals surface area contributed by atoms with Crippen molar-refractivity contribution in [2.45, 2.75) is 39.5 Å². The van der Waals surface area contributed by atoms with E-state index in [9.17, 15) is 5.26 Å². The standard InChI is InChI=1S/C16H21N3/c1-11(2)13-6-7-19(10-13)16-14(9-17)8-12-4-3-5-15(12)18-16/h8,11,13H,3-7,10H2,1-2H3. The van der Waals surface area contributed by atoms with Crippen LogP contribution >= 0.6 is 0 Å². The summed E-state index contributed by atoms with van der Waals surface area (Å²) in [6, 6.07) is 4.42. The summed E-state index contributed by atoms with van der Waals surface area (Å²) in [5.74, 6) is 2.39. The number of hydrogen-bond donors (Lipinski definition) is 0. The summed E-state index contributed by atoms with van der Waals surface area (Å²) in [5, 5.41) is 9.37. The Morgan fingerprint density at radius 3 is 2.95 bits per heavy atom. The number of nitriles is 1. The highest BCUT2D eigenvalue weighted by Crippen LogP contribution is 2.32. The molecule has 3 heteroatoms. The molecule has 0 saturated carbocycles. The highest BCUT2D eigenvalue weighted by atomic mass is 15.2. The average Bonchev–Trinajstić information content (AvgIpc) is 3.05. The van der Waals surface area contributed by atoms with E-state index in [2.05, 4.69) is 30.9 Å². The predicted octanol–water partition coefficient (Wildman–Crippen LogP) is 2.92. The molecule has 0 N–H and O–H groups in total. The minimum Gasteiger partial charge on any atom is -0.355 e. The molecule has 2 aliphatic rings. The average molecular weight is 255 g/mol. The van der Waals surface area contributed by atoms with E-state index in [0.29, 0.717) is 5.92 Å². The number of nitrogens with zero attached hydrogens (tertiary/aromatic N) is 3. The molecule has 0 amide bonds. The third-order valence-electron chi connectivity index (χ3n) is 4.62. The van der Waals surface area contributed by atoms with E-state index >= 15 is 0 Å². The lowest BCUT2D eigenvalue weighted by molar-refractivity contribution is 0.422. The molecule has 1 aliphatic carbocycles. The van der Waals surface area contributed by atoms with Crippen LogP contribution in [0.15, 0.2) is 6.07 Å². The smallest absolute Gasteiger partial charge is 0.146 e. The fourth-order valence-electron chi connectivity index (χ4n) is 3.31. The van der Waals surface area contributed by atoms with Crippen LogP contribution < -0.4 is 4.90 Å². The summed E-state index contributed by atoms with van der Waals surface area (Å²) in [5.41, 5.74) is 3.28. The Labute approximate surface area is 115 Å². The maximum atomic E-state index is 9.37. The van der Waals surface area contributed by atoms with E-state index in [0.717, 1.165) is 43.2 Å². The molecule has 100 valence electrons. The largest absolute Gasteiger partial charge is 0.355 e. The summed E-state index contributed by atoms with van der Waals surface area (Å²) in [4.78, 5) is 7.12. The van der Waals surface area contributed by atoms with Crippen molar-refractivity contribution < 1.29 is 0 Å². The van der Waals surface area contributed by atoms with Crippen molar-refractivity contribution in [2.75, 3.05) is 18.0 Å². The fraction of sp³-hybridized carbons (Fsp3) is 0.625. The van der Waals surface area contributed by atoms with Gasteiger partial charge in [-0.05, 0) is 49.1 Å². The first-order chi connectivity index (χ1) is 9.19. The Balaban J connectivity index is 1.91. The van der Waals surface area contributed by atoms with Crippen LogP contribution in [0.1, 0.15) is 43.5 Å². The normalized spacial score (nSPS) is 21.8. The van der Waals surface area contributed by atoms with Gasteiger partial charge >= 0.3 is 0 Å². The van der Waals surface area contributed by atoms with Gasteiger partial charge in [0.2, 0.25) is 0 Å². The van der Waals surface area contributed by atoms with E-state index in [1.165, 1.54) is 24.1 Å². The van der Waals surface area contributed by atoms with Crippen LogP contribution in [0.2, 0.25) is 0 Å². The molecule has 0 aromatic carbocycles. The monoisotopic (exact) mass is 255 g/mol. The first-order valence-corrected chi connectivity index (χ1v) is 7.37. The molecule has 3 nitrogen and oxygen atoms in total. The van der Waals surface area contributed by atoms with Crippen molar-refractivity contribution in [1.29, 1.82) is 5.26 Å². The Kier molecular flexibility index (Phi) is 3.18. The minimum atomic E-state index is 0.713. The molecule has 1 aromatic rings. The SMILES string of the molecule is CC(C)C1CCN(c2nc3c(cc2C#N)CCC3)C1. The van der Waals surface area contributed by atoms with Crippen LogP contribution in [0.25, 0.3) is 0 Å². The number of aryl methyl sites for hydroxylation is 2. The van der Waals surface area contributed by atoms with E-state index < -0.39 is 0 Å². The highest BCUT2D eigenvalue weighted by Gasteiger charge is 2.28. The predicted molar refractivity (Wildman–Crippen MR) is 76.1 cm³/mol. The zero-order chi connectivity index (χ0) is 13.4. The van der Waals surface area contributed by atoms with E-state index in [4.69, 9.17) is 4.98 Å². The van der Waals surface area contributed by atoms with Gasteiger partial charge in [-0.1, -0.05) is 13.8 Å². The van der Waals surface area contributed by atoms with Gasteiger partial charge in [0.25, 0.3) is 0 Å². The molecule has 1 aromatic heterocycles. The van der Waals surface area contributed by atoms with E-state index in [1.807, 2.05) is 0 Å². The molecule has 0 bridgehead atoms. The highest BCUT2D eigenvalue weighted by molar-refractivity contribution is 5.57. The van der Waals surface area contributed by atoms with Crippen LogP contribution in [0, 0.1) is 23.2 Å². The van der Waals surface area contributed by atoms with Gasteiger partial charge in [-0.2, -0.15) is 5.26 Å². The zero-order valence-electron chi connectivity index (χ0n) is 11.8. The summed E-state index contributed by atoms with van der Waals surface area (Å²) in [6.07, 6.45) is 4.58. The van der Waals surface area contributed by atoms with Crippen LogP contribution in [0.4, 0.5) is 5.82 Å². The lowest BCUT2D eigenvalue weighted by Gasteiger charge is -2.21. The molecule has 3 rings (SSSR count). The summed E-state index contributed by atoms with van der Waals surface area (Å²) in [7, 11) is 0. The van der Waals surface area contributed by atoms with Gasteiger partial charge in [-0.25, -0.2) is 4.98 Å². The molecule has 19 heavy (non-hydrogen) atoms. The van der Waals surface area contributed by atoms with Crippen LogP contribution in [-0.2, 0) is 12.8 Å². The lowest BCUT2D eigenvalue weighted by atomic mass is 9.95. The molecular formula is C16H21N3. The van der Waals surface area contributed by atoms with Gasteiger partial charge in [0, 0.05) is 18.8 Å². The van der Waals surface area contributed by atoms with Gasteiger partial charge in [0.05, 0.1) is 5.56 Å². The summed E-state index contributed by atoms with van der Waals surface area (Å²) < 4.78 is 0. The van der Waals surface area contributed by atoms with Crippen LogP contribution in [0.5, 0.6) is 0 Å². The number of rotatable bonds is 2. The van der Waals surface area contributed by atoms with Crippen LogP contribution in [-0.4, -0.2) is 18.1 Å². The zero-order valence-corrected chi connectivity index (χ0v) is 11.8. The number of aromatic nitrogens is 1. The van der Waals surface area contributed by atoms with Crippen LogP contribution in [0.3, 0.4) is 0 Å². The van der Waals surface area contributed by atoms with Gasteiger partial charge in [0.1, 0.15) is 11.9 Å². The Morgan fingerprint density at radius 2 is 2.26 bits per heavy atom. The van der Waals surface area contributed by atoms with Gasteiger partial charge in [0.15, 0.2) is 0 Å². The van der Waals surface area contributed by atoms with E-state index in [1.54, 1.807) is 0 Å². The molecule has 2 heterocycles. The Morgan fingerprint density at radius 1 is 1.42 bits per heavy atom. The molecule has 1 unspecified atom stereocenters. The van der Waals surface area contributed by atoms with Crippen molar-refractivity contribution in [3.63, 3.8) is 0 Å². The van der Waals surface area contributed by atoms with Gasteiger partial charge < -0.3 is 4.90 Å². The second kappa shape index (κ2) is 4.85. The molecule has 0 radical (unpaired) electrons. The number of fused-ring (bicyclic) bond motifs is 1. The Bertz CT molecular complexity index is 528. The maximum absolute atomic E-state index is 9.37. The molecular weight excluding hydrogens is 234 g/mol. The van der Waals surface area contributed by atoms with Crippen molar-refractivity contribution in [2.24, 2.45) is 11.8 Å². The summed E-state index contributed by atoms with van der Waals surface area (Å²) >= 11 is 0. The van der Waals surface area contributed by atoms with Gasteiger partial charge in [-0.3, -0.25) is 0 Å². The minimum absolute atomic E-state index is 0.713. The third kappa shape index (κ3) is 2.20. The third-order valence-corrected chi connectivity index (χ3v) is 4.62. The van der Waals surface area contributed by atoms with Gasteiger partial charge in [-0.15, -0.1) is 0 Å². The number of pyridine rings is 1. The quantitative estimate of drug-likeness (QED) is 0.815. The summed E-state index contributed by atoms with van der Waals surface area (Å²) in [6.45, 7) is 6.67. The van der Waals surface area contributed by atoms with Crippen molar-refractivity contribution in [3.05, 3.63) is 22.9 Å². The molecule has 1 aliphatic heterocycles. The van der Waals surface area contributed by atoms with Crippen molar-refractivity contribution in [1.82, 2.24) is 4.98 Å². The Hall–Kier alpha value is -1.56. The number of anilines is 1. The second-order valence-corrected chi connectivity index (χ2v) is 6.17. The number of hydrogen-bond acceptors (Lipinski definition) is 3. The van der Waals surface area contributed by atoms with Crippen molar-refractivity contribution >= 4 is 5.82 Å². The molecule has 1 saturated heterocycles.